The van der Waals surface area contributed by atoms with Gasteiger partial charge in [0, 0.05) is 43.9 Å². The van der Waals surface area contributed by atoms with Gasteiger partial charge in [0.25, 0.3) is 0 Å². The van der Waals surface area contributed by atoms with E-state index in [0.29, 0.717) is 22.6 Å². The first-order valence-electron chi connectivity index (χ1n) is 10.7. The van der Waals surface area contributed by atoms with E-state index >= 15 is 0 Å². The van der Waals surface area contributed by atoms with E-state index in [1.54, 1.807) is 18.3 Å². The van der Waals surface area contributed by atoms with Crippen molar-refractivity contribution in [2.45, 2.75) is 19.8 Å². The topological polar surface area (TPSA) is 85.7 Å². The molecule has 0 radical (unpaired) electrons. The molecule has 32 heavy (non-hydrogen) atoms. The van der Waals surface area contributed by atoms with Crippen molar-refractivity contribution < 1.29 is 19.4 Å². The van der Waals surface area contributed by atoms with Crippen molar-refractivity contribution in [3.8, 4) is 28.0 Å². The number of hydrogen-bond acceptors (Lipinski definition) is 5. The first kappa shape index (κ1) is 21.8. The zero-order valence-corrected chi connectivity index (χ0v) is 17.9. The van der Waals surface area contributed by atoms with Gasteiger partial charge in [-0.15, -0.1) is 0 Å². The van der Waals surface area contributed by atoms with Gasteiger partial charge in [0.05, 0.1) is 5.69 Å². The molecule has 0 saturated carbocycles. The fraction of sp³-hybridized carbons (Fsp3) is 0.280. The molecule has 166 valence electrons. The number of carbonyl (C=O) groups excluding carboxylic acids is 1. The predicted molar refractivity (Wildman–Crippen MR) is 123 cm³/mol. The minimum absolute atomic E-state index is 0.0512. The Balaban J connectivity index is 1.63. The van der Waals surface area contributed by atoms with E-state index in [-0.39, 0.29) is 24.0 Å². The second kappa shape index (κ2) is 9.36. The Kier molecular flexibility index (Phi) is 6.37. The third-order valence-electron chi connectivity index (χ3n) is 5.88. The number of piperidine rings is 1. The van der Waals surface area contributed by atoms with Crippen molar-refractivity contribution in [2.24, 2.45) is 5.92 Å². The Morgan fingerprint density at radius 3 is 2.44 bits per heavy atom. The Labute approximate surface area is 186 Å². The molecule has 2 heterocycles. The number of phenols is 1. The molecule has 1 aromatic heterocycles. The summed E-state index contributed by atoms with van der Waals surface area (Å²) in [4.78, 5) is 17.9. The molecule has 0 unspecified atom stereocenters. The number of aromatic hydroxyl groups is 1. The van der Waals surface area contributed by atoms with Crippen LogP contribution in [-0.4, -0.2) is 40.8 Å². The first-order chi connectivity index (χ1) is 15.5. The van der Waals surface area contributed by atoms with E-state index in [2.05, 4.69) is 15.2 Å². The number of anilines is 2. The number of pyridine rings is 1. The smallest absolute Gasteiger partial charge is 0.221 e. The van der Waals surface area contributed by atoms with Crippen LogP contribution in [0.5, 0.6) is 5.75 Å². The number of hydrogen-bond donors (Lipinski definition) is 3. The number of phenolic OH excluding ortho intramolecular Hbond substituents is 1. The summed E-state index contributed by atoms with van der Waals surface area (Å²) in [7, 11) is 0. The quantitative estimate of drug-likeness (QED) is 0.552. The minimum Gasteiger partial charge on any atom is -0.507 e. The van der Waals surface area contributed by atoms with Gasteiger partial charge >= 0.3 is 0 Å². The van der Waals surface area contributed by atoms with Crippen LogP contribution in [0.4, 0.5) is 15.9 Å². The highest BCUT2D eigenvalue weighted by Crippen LogP contribution is 2.39. The molecule has 4 rings (SSSR count). The summed E-state index contributed by atoms with van der Waals surface area (Å²) in [6.07, 6.45) is 3.56. The van der Waals surface area contributed by atoms with Crippen LogP contribution >= 0.6 is 0 Å². The number of nitrogens with zero attached hydrogens (tertiary/aromatic N) is 2. The molecule has 1 amide bonds. The van der Waals surface area contributed by atoms with Gasteiger partial charge in [-0.1, -0.05) is 24.3 Å². The number of rotatable bonds is 5. The normalized spacial score (nSPS) is 14.4. The zero-order chi connectivity index (χ0) is 22.7. The van der Waals surface area contributed by atoms with Crippen molar-refractivity contribution in [2.75, 3.05) is 29.9 Å². The van der Waals surface area contributed by atoms with Crippen LogP contribution < -0.4 is 10.2 Å². The molecular formula is C25H26FN3O3. The molecule has 0 spiro atoms. The fourth-order valence-corrected chi connectivity index (χ4v) is 4.09. The number of aliphatic hydroxyl groups excluding tert-OH is 1. The van der Waals surface area contributed by atoms with Crippen molar-refractivity contribution >= 4 is 17.4 Å². The van der Waals surface area contributed by atoms with Gasteiger partial charge < -0.3 is 20.4 Å². The van der Waals surface area contributed by atoms with Crippen LogP contribution in [0, 0.1) is 11.7 Å². The molecule has 6 nitrogen and oxygen atoms in total. The molecule has 3 aromatic rings. The van der Waals surface area contributed by atoms with Gasteiger partial charge in [0.1, 0.15) is 17.4 Å². The van der Waals surface area contributed by atoms with Crippen LogP contribution in [0.25, 0.3) is 22.3 Å². The van der Waals surface area contributed by atoms with Crippen LogP contribution in [-0.2, 0) is 4.79 Å². The lowest BCUT2D eigenvalue weighted by Gasteiger charge is -2.32. The van der Waals surface area contributed by atoms with Gasteiger partial charge in [0.15, 0.2) is 0 Å². The van der Waals surface area contributed by atoms with Crippen molar-refractivity contribution in [1.29, 1.82) is 0 Å². The van der Waals surface area contributed by atoms with Crippen molar-refractivity contribution in [1.82, 2.24) is 4.98 Å². The third-order valence-corrected chi connectivity index (χ3v) is 5.88. The maximum Gasteiger partial charge on any atom is 0.221 e. The lowest BCUT2D eigenvalue weighted by molar-refractivity contribution is -0.114. The standard InChI is InChI=1S/C25H26FN3O3/c1-16(31)28-23-6-5-18(13-22(23)26)20-3-2-4-21(25(20)32)19-7-10-27-24(14-19)29-11-8-17(15-30)9-12-29/h2-7,10,13-14,17,30,32H,8-9,11-12,15H2,1H3,(H,28,31). The number of para-hydroxylation sites is 1. The van der Waals surface area contributed by atoms with Gasteiger partial charge in [-0.25, -0.2) is 9.37 Å². The van der Waals surface area contributed by atoms with E-state index in [4.69, 9.17) is 0 Å². The molecule has 1 aliphatic heterocycles. The third kappa shape index (κ3) is 4.57. The summed E-state index contributed by atoms with van der Waals surface area (Å²) in [5, 5.41) is 22.8. The number of carbonyl (C=O) groups is 1. The monoisotopic (exact) mass is 435 g/mol. The number of halogens is 1. The molecule has 7 heteroatoms. The summed E-state index contributed by atoms with van der Waals surface area (Å²) in [5.41, 5.74) is 2.55. The van der Waals surface area contributed by atoms with Crippen LogP contribution in [0.3, 0.4) is 0 Å². The van der Waals surface area contributed by atoms with Crippen LogP contribution in [0.2, 0.25) is 0 Å². The average molecular weight is 435 g/mol. The SMILES string of the molecule is CC(=O)Nc1ccc(-c2cccc(-c3ccnc(N4CCC(CO)CC4)c3)c2O)cc1F. The lowest BCUT2D eigenvalue weighted by atomic mass is 9.96. The highest BCUT2D eigenvalue weighted by atomic mass is 19.1. The van der Waals surface area contributed by atoms with Gasteiger partial charge in [-0.3, -0.25) is 4.79 Å². The second-order valence-corrected chi connectivity index (χ2v) is 8.09. The predicted octanol–water partition coefficient (Wildman–Crippen LogP) is 4.43. The van der Waals surface area contributed by atoms with Crippen LogP contribution in [0.1, 0.15) is 19.8 Å². The lowest BCUT2D eigenvalue weighted by Crippen LogP contribution is -2.35. The van der Waals surface area contributed by atoms with Crippen molar-refractivity contribution in [3.63, 3.8) is 0 Å². The first-order valence-corrected chi connectivity index (χ1v) is 10.7. The summed E-state index contributed by atoms with van der Waals surface area (Å²) in [6, 6.07) is 13.6. The van der Waals surface area contributed by atoms with Crippen LogP contribution in [0.15, 0.2) is 54.7 Å². The molecule has 0 aliphatic carbocycles. The second-order valence-electron chi connectivity index (χ2n) is 8.09. The van der Waals surface area contributed by atoms with E-state index < -0.39 is 5.82 Å². The average Bonchev–Trinajstić information content (AvgIpc) is 2.80. The molecule has 1 fully saturated rings. The van der Waals surface area contributed by atoms with Gasteiger partial charge in [-0.05, 0) is 54.2 Å². The molecule has 0 bridgehead atoms. The number of nitrogens with one attached hydrogen (secondary N) is 1. The Bertz CT molecular complexity index is 1130. The Hall–Kier alpha value is -3.45. The zero-order valence-electron chi connectivity index (χ0n) is 17.9. The fourth-order valence-electron chi connectivity index (χ4n) is 4.09. The van der Waals surface area contributed by atoms with Crippen molar-refractivity contribution in [3.05, 3.63) is 60.5 Å². The molecule has 2 aromatic carbocycles. The molecule has 1 aliphatic rings. The van der Waals surface area contributed by atoms with Gasteiger partial charge in [0.2, 0.25) is 5.91 Å². The molecular weight excluding hydrogens is 409 g/mol. The maximum absolute atomic E-state index is 14.4. The number of benzene rings is 2. The maximum atomic E-state index is 14.4. The van der Waals surface area contributed by atoms with E-state index in [1.807, 2.05) is 24.3 Å². The van der Waals surface area contributed by atoms with E-state index in [9.17, 15) is 19.4 Å². The summed E-state index contributed by atoms with van der Waals surface area (Å²) in [6.45, 7) is 3.19. The van der Waals surface area contributed by atoms with Gasteiger partial charge in [-0.2, -0.15) is 0 Å². The van der Waals surface area contributed by atoms with E-state index in [0.717, 1.165) is 37.3 Å². The molecule has 0 atom stereocenters. The highest BCUT2D eigenvalue weighted by Gasteiger charge is 2.20. The Morgan fingerprint density at radius 2 is 1.81 bits per heavy atom. The summed E-state index contributed by atoms with van der Waals surface area (Å²) < 4.78 is 14.4. The largest absolute Gasteiger partial charge is 0.507 e. The highest BCUT2D eigenvalue weighted by molar-refractivity contribution is 5.89. The summed E-state index contributed by atoms with van der Waals surface area (Å²) in [5.74, 6) is 0.299. The minimum atomic E-state index is -0.569. The Morgan fingerprint density at radius 1 is 1.12 bits per heavy atom. The van der Waals surface area contributed by atoms with E-state index in [1.165, 1.54) is 19.1 Å². The summed E-state index contributed by atoms with van der Waals surface area (Å²) >= 11 is 0. The number of aliphatic hydroxyl groups is 1. The number of amides is 1. The molecule has 1 saturated heterocycles. The number of aromatic nitrogens is 1. The molecule has 3 N–H and O–H groups in total.